The van der Waals surface area contributed by atoms with Crippen molar-refractivity contribution in [2.75, 3.05) is 0 Å². The summed E-state index contributed by atoms with van der Waals surface area (Å²) in [6, 6.07) is 0. The smallest absolute Gasteiger partial charge is 0.309 e. The van der Waals surface area contributed by atoms with Gasteiger partial charge in [0.15, 0.2) is 0 Å². The first-order chi connectivity index (χ1) is 6.60. The predicted molar refractivity (Wildman–Crippen MR) is 54.1 cm³/mol. The molecule has 0 aromatic heterocycles. The van der Waals surface area contributed by atoms with E-state index in [2.05, 4.69) is 6.92 Å². The van der Waals surface area contributed by atoms with Crippen molar-refractivity contribution in [2.45, 2.75) is 58.0 Å². The molecule has 82 valence electrons. The van der Waals surface area contributed by atoms with E-state index in [1.165, 1.54) is 0 Å². The largest absolute Gasteiger partial charge is 0.481 e. The standard InChI is InChI=1S/C11H20O3/c1-2-3-6-11(10(13)14)7-4-5-9(12)8-11/h9,12H,2-8H2,1H3,(H,13,14)/t9-,11+/m1/s1. The Hall–Kier alpha value is -0.570. The molecule has 0 spiro atoms. The monoisotopic (exact) mass is 200 g/mol. The van der Waals surface area contributed by atoms with Crippen LogP contribution in [0.15, 0.2) is 0 Å². The minimum Gasteiger partial charge on any atom is -0.481 e. The van der Waals surface area contributed by atoms with Crippen LogP contribution < -0.4 is 0 Å². The van der Waals surface area contributed by atoms with Crippen molar-refractivity contribution in [2.24, 2.45) is 5.41 Å². The quantitative estimate of drug-likeness (QED) is 0.731. The fourth-order valence-electron chi connectivity index (χ4n) is 2.37. The summed E-state index contributed by atoms with van der Waals surface area (Å²) in [6.07, 6.45) is 5.07. The zero-order valence-corrected chi connectivity index (χ0v) is 8.83. The van der Waals surface area contributed by atoms with Gasteiger partial charge in [-0.3, -0.25) is 4.79 Å². The van der Waals surface area contributed by atoms with Gasteiger partial charge in [-0.25, -0.2) is 0 Å². The molecule has 0 saturated heterocycles. The summed E-state index contributed by atoms with van der Waals surface area (Å²) >= 11 is 0. The van der Waals surface area contributed by atoms with E-state index in [1.807, 2.05) is 0 Å². The molecule has 1 rings (SSSR count). The van der Waals surface area contributed by atoms with Crippen LogP contribution in [0.2, 0.25) is 0 Å². The van der Waals surface area contributed by atoms with Gasteiger partial charge in [-0.2, -0.15) is 0 Å². The van der Waals surface area contributed by atoms with Gasteiger partial charge < -0.3 is 10.2 Å². The molecule has 1 fully saturated rings. The SMILES string of the molecule is CCCC[C@]1(C(=O)O)CCC[C@@H](O)C1. The molecule has 0 aromatic rings. The zero-order valence-electron chi connectivity index (χ0n) is 8.83. The van der Waals surface area contributed by atoms with Crippen LogP contribution in [-0.2, 0) is 4.79 Å². The van der Waals surface area contributed by atoms with E-state index in [0.717, 1.165) is 38.5 Å². The Morgan fingerprint density at radius 1 is 1.57 bits per heavy atom. The number of carboxylic acid groups (broad SMARTS) is 1. The maximum Gasteiger partial charge on any atom is 0.309 e. The lowest BCUT2D eigenvalue weighted by Gasteiger charge is -2.35. The van der Waals surface area contributed by atoms with Crippen LogP contribution in [0.5, 0.6) is 0 Å². The van der Waals surface area contributed by atoms with Gasteiger partial charge in [-0.1, -0.05) is 19.8 Å². The van der Waals surface area contributed by atoms with Crippen molar-refractivity contribution in [1.29, 1.82) is 0 Å². The molecular weight excluding hydrogens is 180 g/mol. The van der Waals surface area contributed by atoms with E-state index in [9.17, 15) is 15.0 Å². The third-order valence-corrected chi connectivity index (χ3v) is 3.28. The molecule has 1 aliphatic carbocycles. The summed E-state index contributed by atoms with van der Waals surface area (Å²) in [5, 5.41) is 18.8. The summed E-state index contributed by atoms with van der Waals surface area (Å²) in [7, 11) is 0. The van der Waals surface area contributed by atoms with E-state index in [1.54, 1.807) is 0 Å². The van der Waals surface area contributed by atoms with Crippen molar-refractivity contribution in [3.8, 4) is 0 Å². The lowest BCUT2D eigenvalue weighted by atomic mass is 9.70. The number of hydrogen-bond acceptors (Lipinski definition) is 2. The van der Waals surface area contributed by atoms with Crippen molar-refractivity contribution >= 4 is 5.97 Å². The summed E-state index contributed by atoms with van der Waals surface area (Å²) in [6.45, 7) is 2.06. The van der Waals surface area contributed by atoms with Crippen LogP contribution in [0.3, 0.4) is 0 Å². The Kier molecular flexibility index (Phi) is 3.93. The normalized spacial score (nSPS) is 32.9. The van der Waals surface area contributed by atoms with E-state index in [4.69, 9.17) is 0 Å². The topological polar surface area (TPSA) is 57.5 Å². The molecular formula is C11H20O3. The summed E-state index contributed by atoms with van der Waals surface area (Å²) < 4.78 is 0. The van der Waals surface area contributed by atoms with E-state index in [0.29, 0.717) is 6.42 Å². The molecule has 14 heavy (non-hydrogen) atoms. The second kappa shape index (κ2) is 4.78. The van der Waals surface area contributed by atoms with Gasteiger partial charge in [0, 0.05) is 0 Å². The molecule has 3 nitrogen and oxygen atoms in total. The lowest BCUT2D eigenvalue weighted by Crippen LogP contribution is -2.38. The predicted octanol–water partition coefficient (Wildman–Crippen LogP) is 2.18. The molecule has 0 aromatic carbocycles. The molecule has 1 aliphatic rings. The number of aliphatic carboxylic acids is 1. The number of aliphatic hydroxyl groups is 1. The van der Waals surface area contributed by atoms with E-state index in [-0.39, 0.29) is 0 Å². The number of unbranched alkanes of at least 4 members (excludes halogenated alkanes) is 1. The Bertz CT molecular complexity index is 203. The molecule has 0 radical (unpaired) electrons. The van der Waals surface area contributed by atoms with Crippen LogP contribution in [0.4, 0.5) is 0 Å². The third kappa shape index (κ3) is 2.47. The summed E-state index contributed by atoms with van der Waals surface area (Å²) in [4.78, 5) is 11.2. The average molecular weight is 200 g/mol. The number of carbonyl (C=O) groups is 1. The van der Waals surface area contributed by atoms with Gasteiger partial charge in [-0.15, -0.1) is 0 Å². The van der Waals surface area contributed by atoms with E-state index >= 15 is 0 Å². The summed E-state index contributed by atoms with van der Waals surface area (Å²) in [5.74, 6) is -0.718. The molecule has 2 atom stereocenters. The third-order valence-electron chi connectivity index (χ3n) is 3.28. The van der Waals surface area contributed by atoms with Gasteiger partial charge in [0.2, 0.25) is 0 Å². The molecule has 1 saturated carbocycles. The Morgan fingerprint density at radius 2 is 2.29 bits per heavy atom. The highest BCUT2D eigenvalue weighted by molar-refractivity contribution is 5.74. The first-order valence-corrected chi connectivity index (χ1v) is 5.52. The highest BCUT2D eigenvalue weighted by atomic mass is 16.4. The van der Waals surface area contributed by atoms with Crippen LogP contribution in [0, 0.1) is 5.41 Å². The molecule has 0 bridgehead atoms. The van der Waals surface area contributed by atoms with Crippen molar-refractivity contribution < 1.29 is 15.0 Å². The van der Waals surface area contributed by atoms with E-state index < -0.39 is 17.5 Å². The molecule has 0 aliphatic heterocycles. The fraction of sp³-hybridized carbons (Fsp3) is 0.909. The van der Waals surface area contributed by atoms with Crippen molar-refractivity contribution in [3.05, 3.63) is 0 Å². The Morgan fingerprint density at radius 3 is 2.79 bits per heavy atom. The second-order valence-electron chi connectivity index (χ2n) is 4.44. The lowest BCUT2D eigenvalue weighted by molar-refractivity contribution is -0.154. The first-order valence-electron chi connectivity index (χ1n) is 5.52. The number of carboxylic acids is 1. The maximum absolute atomic E-state index is 11.2. The second-order valence-corrected chi connectivity index (χ2v) is 4.44. The molecule has 3 heteroatoms. The first kappa shape index (κ1) is 11.5. The van der Waals surface area contributed by atoms with Crippen LogP contribution in [-0.4, -0.2) is 22.3 Å². The van der Waals surface area contributed by atoms with Gasteiger partial charge in [0.25, 0.3) is 0 Å². The molecule has 2 N–H and O–H groups in total. The maximum atomic E-state index is 11.2. The highest BCUT2D eigenvalue weighted by Gasteiger charge is 2.41. The van der Waals surface area contributed by atoms with Crippen LogP contribution in [0.25, 0.3) is 0 Å². The van der Waals surface area contributed by atoms with Crippen molar-refractivity contribution in [1.82, 2.24) is 0 Å². The molecule has 0 amide bonds. The van der Waals surface area contributed by atoms with Crippen LogP contribution in [0.1, 0.15) is 51.9 Å². The minimum atomic E-state index is -0.718. The zero-order chi connectivity index (χ0) is 10.6. The van der Waals surface area contributed by atoms with Crippen LogP contribution >= 0.6 is 0 Å². The fourth-order valence-corrected chi connectivity index (χ4v) is 2.37. The number of rotatable bonds is 4. The Labute approximate surface area is 85.1 Å². The van der Waals surface area contributed by atoms with Gasteiger partial charge >= 0.3 is 5.97 Å². The minimum absolute atomic E-state index is 0.406. The Balaban J connectivity index is 2.65. The molecule has 0 unspecified atom stereocenters. The van der Waals surface area contributed by atoms with Crippen molar-refractivity contribution in [3.63, 3.8) is 0 Å². The summed E-state index contributed by atoms with van der Waals surface area (Å²) in [5.41, 5.74) is -0.631. The molecule has 0 heterocycles. The number of hydrogen-bond donors (Lipinski definition) is 2. The highest BCUT2D eigenvalue weighted by Crippen LogP contribution is 2.40. The van der Waals surface area contributed by atoms with Gasteiger partial charge in [0.1, 0.15) is 0 Å². The van der Waals surface area contributed by atoms with Gasteiger partial charge in [-0.05, 0) is 32.1 Å². The van der Waals surface area contributed by atoms with Gasteiger partial charge in [0.05, 0.1) is 11.5 Å². The number of aliphatic hydroxyl groups excluding tert-OH is 1. The average Bonchev–Trinajstić information content (AvgIpc) is 2.14.